The minimum atomic E-state index is 0.399. The molecule has 1 fully saturated rings. The summed E-state index contributed by atoms with van der Waals surface area (Å²) < 4.78 is 1.22. The SMILES string of the molecule is CCN(CC1CC1)C(CN)c1cc(Br)c(C)s1. The Kier molecular flexibility index (Phi) is 4.64. The predicted molar refractivity (Wildman–Crippen MR) is 78.5 cm³/mol. The highest BCUT2D eigenvalue weighted by molar-refractivity contribution is 9.10. The minimum absolute atomic E-state index is 0.399. The molecule has 1 unspecified atom stereocenters. The summed E-state index contributed by atoms with van der Waals surface area (Å²) in [7, 11) is 0. The zero-order valence-electron chi connectivity index (χ0n) is 10.6. The lowest BCUT2D eigenvalue weighted by Crippen LogP contribution is -2.34. The van der Waals surface area contributed by atoms with Crippen LogP contribution < -0.4 is 5.73 Å². The number of likely N-dealkylation sites (N-methyl/N-ethyl adjacent to an activating group) is 1. The van der Waals surface area contributed by atoms with Crippen LogP contribution in [0.4, 0.5) is 0 Å². The standard InChI is InChI=1S/C13H21BrN2S/c1-3-16(8-10-4-5-10)12(7-15)13-6-11(14)9(2)17-13/h6,10,12H,3-5,7-8,15H2,1-2H3. The third-order valence-corrected chi connectivity index (χ3v) is 5.70. The maximum Gasteiger partial charge on any atom is 0.0564 e. The van der Waals surface area contributed by atoms with Crippen LogP contribution >= 0.6 is 27.3 Å². The molecule has 96 valence electrons. The quantitative estimate of drug-likeness (QED) is 0.869. The van der Waals surface area contributed by atoms with Crippen LogP contribution in [-0.2, 0) is 0 Å². The Bertz CT molecular complexity index is 354. The van der Waals surface area contributed by atoms with Crippen molar-refractivity contribution < 1.29 is 0 Å². The second-order valence-corrected chi connectivity index (χ2v) is 6.98. The number of hydrogen-bond acceptors (Lipinski definition) is 3. The molecule has 0 aliphatic heterocycles. The van der Waals surface area contributed by atoms with Gasteiger partial charge in [0.2, 0.25) is 0 Å². The number of hydrogen-bond donors (Lipinski definition) is 1. The zero-order chi connectivity index (χ0) is 12.4. The molecule has 1 heterocycles. The third-order valence-electron chi connectivity index (χ3n) is 3.46. The van der Waals surface area contributed by atoms with Gasteiger partial charge in [-0.05, 0) is 54.2 Å². The van der Waals surface area contributed by atoms with E-state index in [-0.39, 0.29) is 0 Å². The van der Waals surface area contributed by atoms with Gasteiger partial charge in [0.25, 0.3) is 0 Å². The van der Waals surface area contributed by atoms with Gasteiger partial charge >= 0.3 is 0 Å². The van der Waals surface area contributed by atoms with Crippen LogP contribution in [0.3, 0.4) is 0 Å². The zero-order valence-corrected chi connectivity index (χ0v) is 13.0. The first-order chi connectivity index (χ1) is 8.15. The van der Waals surface area contributed by atoms with Gasteiger partial charge in [-0.2, -0.15) is 0 Å². The molecule has 0 radical (unpaired) electrons. The van der Waals surface area contributed by atoms with E-state index in [0.717, 1.165) is 12.5 Å². The summed E-state index contributed by atoms with van der Waals surface area (Å²) in [5, 5.41) is 0. The molecule has 0 saturated heterocycles. The van der Waals surface area contributed by atoms with Crippen LogP contribution in [0.15, 0.2) is 10.5 Å². The maximum atomic E-state index is 5.99. The monoisotopic (exact) mass is 316 g/mol. The first kappa shape index (κ1) is 13.5. The molecule has 0 bridgehead atoms. The van der Waals surface area contributed by atoms with Crippen molar-refractivity contribution in [2.75, 3.05) is 19.6 Å². The lowest BCUT2D eigenvalue weighted by molar-refractivity contribution is 0.206. The average Bonchev–Trinajstić information content (AvgIpc) is 3.06. The molecule has 0 aromatic carbocycles. The van der Waals surface area contributed by atoms with E-state index in [1.165, 1.54) is 33.6 Å². The van der Waals surface area contributed by atoms with Crippen LogP contribution in [-0.4, -0.2) is 24.5 Å². The molecule has 2 N–H and O–H groups in total. The smallest absolute Gasteiger partial charge is 0.0564 e. The summed E-state index contributed by atoms with van der Waals surface area (Å²) in [6.45, 7) is 7.41. The molecule has 1 aliphatic carbocycles. The molecule has 2 rings (SSSR count). The molecule has 4 heteroatoms. The van der Waals surface area contributed by atoms with Crippen molar-refractivity contribution in [3.63, 3.8) is 0 Å². The Hall–Kier alpha value is 0.1000. The van der Waals surface area contributed by atoms with E-state index in [0.29, 0.717) is 12.6 Å². The summed E-state index contributed by atoms with van der Waals surface area (Å²) >= 11 is 5.47. The Morgan fingerprint density at radius 1 is 1.59 bits per heavy atom. The van der Waals surface area contributed by atoms with Crippen LogP contribution in [0.25, 0.3) is 0 Å². The van der Waals surface area contributed by atoms with Crippen molar-refractivity contribution in [1.29, 1.82) is 0 Å². The van der Waals surface area contributed by atoms with Gasteiger partial charge in [0.15, 0.2) is 0 Å². The van der Waals surface area contributed by atoms with Gasteiger partial charge in [0.05, 0.1) is 6.04 Å². The van der Waals surface area contributed by atoms with Crippen molar-refractivity contribution in [2.24, 2.45) is 11.7 Å². The number of halogens is 1. The van der Waals surface area contributed by atoms with E-state index in [2.05, 4.69) is 40.7 Å². The van der Waals surface area contributed by atoms with Crippen molar-refractivity contribution in [1.82, 2.24) is 4.90 Å². The molecule has 2 nitrogen and oxygen atoms in total. The van der Waals surface area contributed by atoms with Crippen LogP contribution in [0.5, 0.6) is 0 Å². The molecule has 0 spiro atoms. The lowest BCUT2D eigenvalue weighted by Gasteiger charge is -2.29. The second-order valence-electron chi connectivity index (χ2n) is 4.84. The number of nitrogens with zero attached hydrogens (tertiary/aromatic N) is 1. The minimum Gasteiger partial charge on any atom is -0.329 e. The Morgan fingerprint density at radius 3 is 2.71 bits per heavy atom. The van der Waals surface area contributed by atoms with Crippen molar-refractivity contribution in [2.45, 2.75) is 32.7 Å². The largest absolute Gasteiger partial charge is 0.329 e. The number of aryl methyl sites for hydroxylation is 1. The van der Waals surface area contributed by atoms with E-state index in [4.69, 9.17) is 5.73 Å². The fraction of sp³-hybridized carbons (Fsp3) is 0.692. The number of nitrogens with two attached hydrogens (primary N) is 1. The second kappa shape index (κ2) is 5.83. The van der Waals surface area contributed by atoms with Crippen molar-refractivity contribution in [3.8, 4) is 0 Å². The third kappa shape index (κ3) is 3.31. The highest BCUT2D eigenvalue weighted by Crippen LogP contribution is 2.36. The first-order valence-electron chi connectivity index (χ1n) is 6.35. The maximum absolute atomic E-state index is 5.99. The normalized spacial score (nSPS) is 17.7. The molecular weight excluding hydrogens is 296 g/mol. The summed E-state index contributed by atoms with van der Waals surface area (Å²) in [5.74, 6) is 0.925. The highest BCUT2D eigenvalue weighted by Gasteiger charge is 2.28. The summed E-state index contributed by atoms with van der Waals surface area (Å²) in [6.07, 6.45) is 2.81. The fourth-order valence-corrected chi connectivity index (χ4v) is 3.91. The molecule has 1 aromatic heterocycles. The first-order valence-corrected chi connectivity index (χ1v) is 7.96. The molecule has 1 atom stereocenters. The summed E-state index contributed by atoms with van der Waals surface area (Å²) in [4.78, 5) is 5.29. The van der Waals surface area contributed by atoms with E-state index >= 15 is 0 Å². The van der Waals surface area contributed by atoms with Gasteiger partial charge in [0.1, 0.15) is 0 Å². The number of thiophene rings is 1. The summed E-state index contributed by atoms with van der Waals surface area (Å²) in [5.41, 5.74) is 5.99. The van der Waals surface area contributed by atoms with Crippen LogP contribution in [0, 0.1) is 12.8 Å². The molecule has 1 aromatic rings. The van der Waals surface area contributed by atoms with Gasteiger partial charge in [-0.1, -0.05) is 6.92 Å². The van der Waals surface area contributed by atoms with E-state index in [9.17, 15) is 0 Å². The Morgan fingerprint density at radius 2 is 2.29 bits per heavy atom. The molecule has 17 heavy (non-hydrogen) atoms. The van der Waals surface area contributed by atoms with Gasteiger partial charge in [0, 0.05) is 27.3 Å². The van der Waals surface area contributed by atoms with Gasteiger partial charge in [-0.3, -0.25) is 4.90 Å². The topological polar surface area (TPSA) is 29.3 Å². The van der Waals surface area contributed by atoms with E-state index in [1.54, 1.807) is 0 Å². The summed E-state index contributed by atoms with van der Waals surface area (Å²) in [6, 6.07) is 2.64. The molecule has 1 aliphatic rings. The number of rotatable bonds is 6. The molecular formula is C13H21BrN2S. The highest BCUT2D eigenvalue weighted by atomic mass is 79.9. The van der Waals surface area contributed by atoms with Gasteiger partial charge in [-0.15, -0.1) is 11.3 Å². The lowest BCUT2D eigenvalue weighted by atomic mass is 10.2. The Balaban J connectivity index is 2.11. The van der Waals surface area contributed by atoms with Gasteiger partial charge in [-0.25, -0.2) is 0 Å². The fourth-order valence-electron chi connectivity index (χ4n) is 2.20. The van der Waals surface area contributed by atoms with Crippen LogP contribution in [0.2, 0.25) is 0 Å². The molecule has 1 saturated carbocycles. The molecule has 0 amide bonds. The Labute approximate surface area is 116 Å². The van der Waals surface area contributed by atoms with E-state index < -0.39 is 0 Å². The van der Waals surface area contributed by atoms with Crippen LogP contribution in [0.1, 0.15) is 35.6 Å². The average molecular weight is 317 g/mol. The van der Waals surface area contributed by atoms with Crippen molar-refractivity contribution >= 4 is 27.3 Å². The van der Waals surface area contributed by atoms with Gasteiger partial charge < -0.3 is 5.73 Å². The van der Waals surface area contributed by atoms with Crippen molar-refractivity contribution in [3.05, 3.63) is 20.3 Å². The predicted octanol–water partition coefficient (Wildman–Crippen LogP) is 3.55. The van der Waals surface area contributed by atoms with E-state index in [1.807, 2.05) is 11.3 Å².